The minimum atomic E-state index is -3.65. The van der Waals surface area contributed by atoms with Crippen molar-refractivity contribution in [3.8, 4) is 0 Å². The molecule has 102 valence electrons. The van der Waals surface area contributed by atoms with E-state index in [1.807, 2.05) is 0 Å². The molecule has 0 N–H and O–H groups in total. The third kappa shape index (κ3) is 4.19. The van der Waals surface area contributed by atoms with Crippen molar-refractivity contribution >= 4 is 21.6 Å². The van der Waals surface area contributed by atoms with Crippen molar-refractivity contribution in [3.63, 3.8) is 0 Å². The highest BCUT2D eigenvalue weighted by Crippen LogP contribution is 2.14. The van der Waals surface area contributed by atoms with Gasteiger partial charge in [-0.1, -0.05) is 6.42 Å². The Labute approximate surface area is 112 Å². The molecule has 0 amide bonds. The van der Waals surface area contributed by atoms with Crippen LogP contribution in [0, 0.1) is 5.82 Å². The van der Waals surface area contributed by atoms with E-state index < -0.39 is 15.8 Å². The smallest absolute Gasteiger partial charge is 0.244 e. The summed E-state index contributed by atoms with van der Waals surface area (Å²) in [5.41, 5.74) is 0. The molecular weight excluding hydrogens is 279 g/mol. The zero-order valence-corrected chi connectivity index (χ0v) is 11.7. The normalized spacial score (nSPS) is 12.0. The van der Waals surface area contributed by atoms with Crippen LogP contribution in [-0.4, -0.2) is 37.2 Å². The van der Waals surface area contributed by atoms with E-state index in [1.54, 1.807) is 0 Å². The van der Waals surface area contributed by atoms with Crippen LogP contribution in [0.1, 0.15) is 19.3 Å². The highest BCUT2D eigenvalue weighted by atomic mass is 35.5. The van der Waals surface area contributed by atoms with Gasteiger partial charge in [-0.2, -0.15) is 0 Å². The Hall–Kier alpha value is -0.720. The molecule has 4 nitrogen and oxygen atoms in total. The van der Waals surface area contributed by atoms with Gasteiger partial charge >= 0.3 is 0 Å². The molecule has 0 aliphatic rings. The number of hydrogen-bond acceptors (Lipinski definition) is 3. The fourth-order valence-electron chi connectivity index (χ4n) is 1.44. The molecule has 0 spiro atoms. The van der Waals surface area contributed by atoms with Crippen LogP contribution >= 0.6 is 11.6 Å². The standard InChI is InChI=1S/C11H16ClFN2O2S/c1-15(6-4-2-3-5-12)18(16,17)11-7-10(13)8-14-9-11/h7-9H,2-6H2,1H3. The molecule has 0 bridgehead atoms. The van der Waals surface area contributed by atoms with Gasteiger partial charge in [0, 0.05) is 25.7 Å². The predicted octanol–water partition coefficient (Wildman–Crippen LogP) is 2.25. The molecule has 0 aromatic carbocycles. The minimum Gasteiger partial charge on any atom is -0.260 e. The first-order chi connectivity index (χ1) is 8.48. The Morgan fingerprint density at radius 3 is 2.67 bits per heavy atom. The lowest BCUT2D eigenvalue weighted by Crippen LogP contribution is -2.28. The molecule has 18 heavy (non-hydrogen) atoms. The number of hydrogen-bond donors (Lipinski definition) is 0. The topological polar surface area (TPSA) is 50.3 Å². The molecule has 1 aromatic rings. The molecule has 0 aliphatic heterocycles. The first-order valence-electron chi connectivity index (χ1n) is 5.61. The molecule has 7 heteroatoms. The molecule has 1 aromatic heterocycles. The van der Waals surface area contributed by atoms with E-state index in [4.69, 9.17) is 11.6 Å². The summed E-state index contributed by atoms with van der Waals surface area (Å²) in [6, 6.07) is 0.970. The van der Waals surface area contributed by atoms with Crippen molar-refractivity contribution in [2.75, 3.05) is 19.5 Å². The second-order valence-corrected chi connectivity index (χ2v) is 6.34. The summed E-state index contributed by atoms with van der Waals surface area (Å²) in [6.45, 7) is 0.385. The fourth-order valence-corrected chi connectivity index (χ4v) is 2.81. The summed E-state index contributed by atoms with van der Waals surface area (Å²) in [6.07, 6.45) is 4.57. The molecule has 0 fully saturated rings. The lowest BCUT2D eigenvalue weighted by atomic mass is 10.2. The highest BCUT2D eigenvalue weighted by Gasteiger charge is 2.21. The molecule has 0 saturated heterocycles. The molecule has 1 heterocycles. The largest absolute Gasteiger partial charge is 0.260 e. The van der Waals surface area contributed by atoms with Gasteiger partial charge in [0.15, 0.2) is 0 Å². The zero-order valence-electron chi connectivity index (χ0n) is 10.1. The molecule has 0 atom stereocenters. The Morgan fingerprint density at radius 1 is 1.33 bits per heavy atom. The lowest BCUT2D eigenvalue weighted by molar-refractivity contribution is 0.453. The zero-order chi connectivity index (χ0) is 13.6. The van der Waals surface area contributed by atoms with Gasteiger partial charge in [0.1, 0.15) is 10.7 Å². The van der Waals surface area contributed by atoms with Gasteiger partial charge in [-0.25, -0.2) is 17.1 Å². The Bertz CT molecular complexity index is 482. The Morgan fingerprint density at radius 2 is 2.06 bits per heavy atom. The average molecular weight is 295 g/mol. The van der Waals surface area contributed by atoms with Gasteiger partial charge in [-0.15, -0.1) is 11.6 Å². The van der Waals surface area contributed by atoms with Gasteiger partial charge in [-0.3, -0.25) is 4.98 Å². The molecule has 0 unspecified atom stereocenters. The van der Waals surface area contributed by atoms with Crippen molar-refractivity contribution in [1.29, 1.82) is 0 Å². The van der Waals surface area contributed by atoms with Crippen molar-refractivity contribution in [2.45, 2.75) is 24.2 Å². The van der Waals surface area contributed by atoms with Crippen LogP contribution in [0.2, 0.25) is 0 Å². The van der Waals surface area contributed by atoms with Crippen molar-refractivity contribution in [1.82, 2.24) is 9.29 Å². The van der Waals surface area contributed by atoms with Crippen LogP contribution < -0.4 is 0 Å². The van der Waals surface area contributed by atoms with Crippen molar-refractivity contribution in [3.05, 3.63) is 24.3 Å². The number of sulfonamides is 1. The maximum atomic E-state index is 13.0. The average Bonchev–Trinajstić information content (AvgIpc) is 2.34. The van der Waals surface area contributed by atoms with Crippen LogP contribution in [0.5, 0.6) is 0 Å². The summed E-state index contributed by atoms with van der Waals surface area (Å²) >= 11 is 5.54. The SMILES string of the molecule is CN(CCCCCCl)S(=O)(=O)c1cncc(F)c1. The number of aromatic nitrogens is 1. The predicted molar refractivity (Wildman–Crippen MR) is 68.6 cm³/mol. The molecular formula is C11H16ClFN2O2S. The Balaban J connectivity index is 2.68. The first kappa shape index (κ1) is 15.3. The second kappa shape index (κ2) is 7.01. The lowest BCUT2D eigenvalue weighted by Gasteiger charge is -2.16. The van der Waals surface area contributed by atoms with Crippen LogP contribution in [0.15, 0.2) is 23.4 Å². The second-order valence-electron chi connectivity index (χ2n) is 3.92. The maximum absolute atomic E-state index is 13.0. The molecule has 0 radical (unpaired) electrons. The van der Waals surface area contributed by atoms with Gasteiger partial charge in [0.05, 0.1) is 6.20 Å². The number of alkyl halides is 1. The highest BCUT2D eigenvalue weighted by molar-refractivity contribution is 7.89. The number of pyridine rings is 1. The summed E-state index contributed by atoms with van der Waals surface area (Å²) in [5.74, 6) is -0.0869. The monoisotopic (exact) mass is 294 g/mol. The van der Waals surface area contributed by atoms with Gasteiger partial charge in [0.25, 0.3) is 0 Å². The van der Waals surface area contributed by atoms with E-state index >= 15 is 0 Å². The first-order valence-corrected chi connectivity index (χ1v) is 7.59. The third-order valence-corrected chi connectivity index (χ3v) is 4.58. The van der Waals surface area contributed by atoms with Gasteiger partial charge < -0.3 is 0 Å². The van der Waals surface area contributed by atoms with Crippen molar-refractivity contribution in [2.24, 2.45) is 0 Å². The summed E-state index contributed by atoms with van der Waals surface area (Å²) in [7, 11) is -2.18. The number of halogens is 2. The van der Waals surface area contributed by atoms with Gasteiger partial charge in [0.2, 0.25) is 10.0 Å². The number of unbranched alkanes of at least 4 members (excludes halogenated alkanes) is 2. The maximum Gasteiger partial charge on any atom is 0.244 e. The van der Waals surface area contributed by atoms with Gasteiger partial charge in [-0.05, 0) is 18.9 Å². The number of nitrogens with zero attached hydrogens (tertiary/aromatic N) is 2. The van der Waals surface area contributed by atoms with Crippen LogP contribution in [-0.2, 0) is 10.0 Å². The summed E-state index contributed by atoms with van der Waals surface area (Å²) in [4.78, 5) is 3.42. The molecule has 0 aliphatic carbocycles. The summed E-state index contributed by atoms with van der Waals surface area (Å²) < 4.78 is 38.2. The minimum absolute atomic E-state index is 0.123. The van der Waals surface area contributed by atoms with E-state index in [1.165, 1.54) is 11.4 Å². The Kier molecular flexibility index (Phi) is 5.98. The van der Waals surface area contributed by atoms with Crippen molar-refractivity contribution < 1.29 is 12.8 Å². The van der Waals surface area contributed by atoms with E-state index in [0.29, 0.717) is 12.4 Å². The van der Waals surface area contributed by atoms with Crippen LogP contribution in [0.4, 0.5) is 4.39 Å². The third-order valence-electron chi connectivity index (χ3n) is 2.49. The molecule has 1 rings (SSSR count). The van der Waals surface area contributed by atoms with Crippen LogP contribution in [0.3, 0.4) is 0 Å². The number of rotatable bonds is 7. The van der Waals surface area contributed by atoms with E-state index in [-0.39, 0.29) is 4.90 Å². The van der Waals surface area contributed by atoms with E-state index in [9.17, 15) is 12.8 Å². The fraction of sp³-hybridized carbons (Fsp3) is 0.545. The van der Waals surface area contributed by atoms with E-state index in [0.717, 1.165) is 37.7 Å². The summed E-state index contributed by atoms with van der Waals surface area (Å²) in [5, 5.41) is 0. The van der Waals surface area contributed by atoms with E-state index in [2.05, 4.69) is 4.98 Å². The quantitative estimate of drug-likeness (QED) is 0.572. The molecule has 0 saturated carbocycles. The van der Waals surface area contributed by atoms with Crippen LogP contribution in [0.25, 0.3) is 0 Å².